The predicted octanol–water partition coefficient (Wildman–Crippen LogP) is 3.47. The highest BCUT2D eigenvalue weighted by Crippen LogP contribution is 2.29. The van der Waals surface area contributed by atoms with Gasteiger partial charge < -0.3 is 5.32 Å². The molecule has 0 spiro atoms. The molecule has 1 aliphatic carbocycles. The van der Waals surface area contributed by atoms with E-state index in [4.69, 9.17) is 5.26 Å². The Morgan fingerprint density at radius 3 is 2.81 bits per heavy atom. The number of nitrogens with one attached hydrogen (secondary N) is 1. The minimum atomic E-state index is 0.545. The summed E-state index contributed by atoms with van der Waals surface area (Å²) in [5.41, 5.74) is 2.96. The molecule has 0 aliphatic heterocycles. The normalized spacial score (nSPS) is 24.1. The minimum absolute atomic E-state index is 0.545. The van der Waals surface area contributed by atoms with E-state index in [-0.39, 0.29) is 0 Å². The minimum Gasteiger partial charge on any atom is -0.381 e. The molecule has 1 fully saturated rings. The fourth-order valence-electron chi connectivity index (χ4n) is 2.49. The maximum atomic E-state index is 9.08. The van der Waals surface area contributed by atoms with Crippen LogP contribution in [0, 0.1) is 24.2 Å². The maximum Gasteiger partial charge on any atom is 0.101 e. The largest absolute Gasteiger partial charge is 0.381 e. The van der Waals surface area contributed by atoms with Crippen molar-refractivity contribution < 1.29 is 0 Å². The number of benzene rings is 1. The highest BCUT2D eigenvalue weighted by molar-refractivity contribution is 5.62. The third kappa shape index (κ3) is 2.19. The average Bonchev–Trinajstić information content (AvgIpc) is 2.67. The first-order valence-electron chi connectivity index (χ1n) is 5.97. The van der Waals surface area contributed by atoms with Crippen LogP contribution in [0.5, 0.6) is 0 Å². The predicted molar refractivity (Wildman–Crippen MR) is 66.3 cm³/mol. The molecule has 0 amide bonds. The molecule has 2 atom stereocenters. The smallest absolute Gasteiger partial charge is 0.101 e. The van der Waals surface area contributed by atoms with Crippen LogP contribution in [0.1, 0.15) is 37.3 Å². The van der Waals surface area contributed by atoms with E-state index in [0.717, 1.165) is 17.2 Å². The Morgan fingerprint density at radius 1 is 1.38 bits per heavy atom. The lowest BCUT2D eigenvalue weighted by molar-refractivity contribution is 0.602. The Labute approximate surface area is 97.3 Å². The summed E-state index contributed by atoms with van der Waals surface area (Å²) in [4.78, 5) is 0. The second kappa shape index (κ2) is 4.57. The number of hydrogen-bond acceptors (Lipinski definition) is 2. The van der Waals surface area contributed by atoms with Gasteiger partial charge in [-0.25, -0.2) is 0 Å². The van der Waals surface area contributed by atoms with Crippen LogP contribution in [0.2, 0.25) is 0 Å². The van der Waals surface area contributed by atoms with Crippen molar-refractivity contribution in [2.24, 2.45) is 5.92 Å². The molecule has 16 heavy (non-hydrogen) atoms. The molecular weight excluding hydrogens is 196 g/mol. The number of nitriles is 1. The van der Waals surface area contributed by atoms with Crippen molar-refractivity contribution in [3.05, 3.63) is 29.3 Å². The van der Waals surface area contributed by atoms with Gasteiger partial charge in [0.05, 0.1) is 11.3 Å². The molecule has 0 bridgehead atoms. The monoisotopic (exact) mass is 214 g/mol. The lowest BCUT2D eigenvalue weighted by atomic mass is 10.1. The SMILES string of the molecule is Cc1cccc(C#N)c1NC1CCC(C)C1. The lowest BCUT2D eigenvalue weighted by Gasteiger charge is -2.17. The zero-order chi connectivity index (χ0) is 11.5. The third-order valence-electron chi connectivity index (χ3n) is 3.44. The number of hydrogen-bond donors (Lipinski definition) is 1. The van der Waals surface area contributed by atoms with Gasteiger partial charge in [-0.05, 0) is 43.7 Å². The number of aryl methyl sites for hydroxylation is 1. The standard InChI is InChI=1S/C14H18N2/c1-10-6-7-13(8-10)16-14-11(2)4-3-5-12(14)9-15/h3-5,10,13,16H,6-8H2,1-2H3. The molecule has 0 saturated heterocycles. The summed E-state index contributed by atoms with van der Waals surface area (Å²) in [5, 5.41) is 12.6. The van der Waals surface area contributed by atoms with E-state index in [1.807, 2.05) is 12.1 Å². The van der Waals surface area contributed by atoms with E-state index in [1.54, 1.807) is 0 Å². The fourth-order valence-corrected chi connectivity index (χ4v) is 2.49. The molecule has 1 N–H and O–H groups in total. The quantitative estimate of drug-likeness (QED) is 0.818. The summed E-state index contributed by atoms with van der Waals surface area (Å²) in [6.07, 6.45) is 3.74. The molecule has 0 heterocycles. The number of para-hydroxylation sites is 1. The van der Waals surface area contributed by atoms with Crippen LogP contribution >= 0.6 is 0 Å². The first-order valence-corrected chi connectivity index (χ1v) is 5.97. The first-order chi connectivity index (χ1) is 7.70. The molecule has 2 nitrogen and oxygen atoms in total. The van der Waals surface area contributed by atoms with Crippen molar-refractivity contribution in [2.75, 3.05) is 5.32 Å². The number of anilines is 1. The highest BCUT2D eigenvalue weighted by Gasteiger charge is 2.22. The van der Waals surface area contributed by atoms with Crippen LogP contribution in [0.3, 0.4) is 0 Å². The van der Waals surface area contributed by atoms with Crippen LogP contribution in [0.25, 0.3) is 0 Å². The van der Waals surface area contributed by atoms with Gasteiger partial charge in [0, 0.05) is 6.04 Å². The van der Waals surface area contributed by atoms with Crippen molar-refractivity contribution in [1.82, 2.24) is 0 Å². The Balaban J connectivity index is 2.18. The van der Waals surface area contributed by atoms with Crippen LogP contribution in [-0.4, -0.2) is 6.04 Å². The van der Waals surface area contributed by atoms with Crippen molar-refractivity contribution in [3.8, 4) is 6.07 Å². The zero-order valence-electron chi connectivity index (χ0n) is 9.96. The van der Waals surface area contributed by atoms with E-state index in [2.05, 4.69) is 31.3 Å². The molecule has 1 aromatic rings. The van der Waals surface area contributed by atoms with Gasteiger partial charge in [-0.1, -0.05) is 19.1 Å². The van der Waals surface area contributed by atoms with Crippen LogP contribution < -0.4 is 5.32 Å². The Bertz CT molecular complexity index is 417. The van der Waals surface area contributed by atoms with E-state index >= 15 is 0 Å². The van der Waals surface area contributed by atoms with E-state index < -0.39 is 0 Å². The van der Waals surface area contributed by atoms with Gasteiger partial charge in [0.15, 0.2) is 0 Å². The molecule has 1 saturated carbocycles. The fraction of sp³-hybridized carbons (Fsp3) is 0.500. The van der Waals surface area contributed by atoms with E-state index in [9.17, 15) is 0 Å². The molecule has 0 radical (unpaired) electrons. The average molecular weight is 214 g/mol. The molecular formula is C14H18N2. The molecule has 2 heteroatoms. The second-order valence-electron chi connectivity index (χ2n) is 4.87. The summed E-state index contributed by atoms with van der Waals surface area (Å²) in [7, 11) is 0. The zero-order valence-corrected chi connectivity index (χ0v) is 9.96. The Kier molecular flexibility index (Phi) is 3.14. The molecule has 1 aliphatic rings. The summed E-state index contributed by atoms with van der Waals surface area (Å²) in [6, 6.07) is 8.68. The van der Waals surface area contributed by atoms with Crippen molar-refractivity contribution >= 4 is 5.69 Å². The topological polar surface area (TPSA) is 35.8 Å². The summed E-state index contributed by atoms with van der Waals surface area (Å²) >= 11 is 0. The van der Waals surface area contributed by atoms with Crippen LogP contribution in [-0.2, 0) is 0 Å². The van der Waals surface area contributed by atoms with Crippen LogP contribution in [0.4, 0.5) is 5.69 Å². The van der Waals surface area contributed by atoms with Gasteiger partial charge in [0.1, 0.15) is 6.07 Å². The molecule has 2 rings (SSSR count). The van der Waals surface area contributed by atoms with Gasteiger partial charge >= 0.3 is 0 Å². The van der Waals surface area contributed by atoms with Crippen molar-refractivity contribution in [1.29, 1.82) is 5.26 Å². The molecule has 2 unspecified atom stereocenters. The third-order valence-corrected chi connectivity index (χ3v) is 3.44. The molecule has 0 aromatic heterocycles. The summed E-state index contributed by atoms with van der Waals surface area (Å²) in [5.74, 6) is 0.812. The maximum absolute atomic E-state index is 9.08. The van der Waals surface area contributed by atoms with Gasteiger partial charge in [-0.2, -0.15) is 5.26 Å². The lowest BCUT2D eigenvalue weighted by Crippen LogP contribution is -2.16. The number of nitrogens with zero attached hydrogens (tertiary/aromatic N) is 1. The van der Waals surface area contributed by atoms with E-state index in [1.165, 1.54) is 24.8 Å². The highest BCUT2D eigenvalue weighted by atomic mass is 14.9. The van der Waals surface area contributed by atoms with Gasteiger partial charge in [-0.3, -0.25) is 0 Å². The number of rotatable bonds is 2. The van der Waals surface area contributed by atoms with Gasteiger partial charge in [0.2, 0.25) is 0 Å². The van der Waals surface area contributed by atoms with Crippen molar-refractivity contribution in [3.63, 3.8) is 0 Å². The van der Waals surface area contributed by atoms with Crippen molar-refractivity contribution in [2.45, 2.75) is 39.2 Å². The summed E-state index contributed by atoms with van der Waals surface area (Å²) in [6.45, 7) is 4.35. The Hall–Kier alpha value is -1.49. The van der Waals surface area contributed by atoms with E-state index in [0.29, 0.717) is 6.04 Å². The van der Waals surface area contributed by atoms with Gasteiger partial charge in [0.25, 0.3) is 0 Å². The van der Waals surface area contributed by atoms with Gasteiger partial charge in [-0.15, -0.1) is 0 Å². The van der Waals surface area contributed by atoms with Crippen LogP contribution in [0.15, 0.2) is 18.2 Å². The second-order valence-corrected chi connectivity index (χ2v) is 4.87. The molecule has 84 valence electrons. The molecule has 1 aromatic carbocycles. The Morgan fingerprint density at radius 2 is 2.19 bits per heavy atom. The first kappa shape index (κ1) is 11.0. The summed E-state index contributed by atoms with van der Waals surface area (Å²) < 4.78 is 0.